The number of nitrogens with one attached hydrogen (secondary N) is 1. The van der Waals surface area contributed by atoms with E-state index in [0.29, 0.717) is 22.9 Å². The Balaban J connectivity index is 2.17. The van der Waals surface area contributed by atoms with Gasteiger partial charge in [-0.1, -0.05) is 0 Å². The minimum atomic E-state index is -4.42. The maximum atomic E-state index is 12.9. The summed E-state index contributed by atoms with van der Waals surface area (Å²) in [4.78, 5) is 0. The highest BCUT2D eigenvalue weighted by Crippen LogP contribution is 2.31. The van der Waals surface area contributed by atoms with Gasteiger partial charge in [-0.25, -0.2) is 0 Å². The van der Waals surface area contributed by atoms with E-state index in [1.54, 1.807) is 25.1 Å². The van der Waals surface area contributed by atoms with Crippen LogP contribution in [0.2, 0.25) is 0 Å². The Hall–Kier alpha value is -2.38. The number of anilines is 1. The summed E-state index contributed by atoms with van der Waals surface area (Å²) in [5.41, 5.74) is 0.198. The highest BCUT2D eigenvalue weighted by atomic mass is 19.4. The fourth-order valence-electron chi connectivity index (χ4n) is 2.16. The maximum Gasteiger partial charge on any atom is 0.433 e. The molecule has 2 aromatic rings. The molecule has 0 aliphatic carbocycles. The standard InChI is InChI=1S/C15H18F3N3O2/c1-4-21-14(15(16,17)18)7-10(20-21)9-19-12-6-5-11(22-2)8-13(12)23-3/h5-8,19H,4,9H2,1-3H3. The molecule has 0 amide bonds. The van der Waals surface area contributed by atoms with Crippen LogP contribution in [0.1, 0.15) is 18.3 Å². The van der Waals surface area contributed by atoms with Gasteiger partial charge in [0.25, 0.3) is 0 Å². The van der Waals surface area contributed by atoms with E-state index in [4.69, 9.17) is 9.47 Å². The van der Waals surface area contributed by atoms with Crippen LogP contribution in [0.3, 0.4) is 0 Å². The third-order valence-electron chi connectivity index (χ3n) is 3.29. The number of benzene rings is 1. The summed E-state index contributed by atoms with van der Waals surface area (Å²) in [5.74, 6) is 1.16. The second-order valence-corrected chi connectivity index (χ2v) is 4.75. The van der Waals surface area contributed by atoms with E-state index in [9.17, 15) is 13.2 Å². The molecular formula is C15H18F3N3O2. The average molecular weight is 329 g/mol. The molecule has 0 atom stereocenters. The number of alkyl halides is 3. The molecule has 0 radical (unpaired) electrons. The zero-order chi connectivity index (χ0) is 17.0. The average Bonchev–Trinajstić information content (AvgIpc) is 2.96. The topological polar surface area (TPSA) is 48.3 Å². The van der Waals surface area contributed by atoms with E-state index >= 15 is 0 Å². The van der Waals surface area contributed by atoms with E-state index < -0.39 is 11.9 Å². The van der Waals surface area contributed by atoms with Gasteiger partial charge in [-0.2, -0.15) is 18.3 Å². The Bertz CT molecular complexity index is 668. The van der Waals surface area contributed by atoms with Gasteiger partial charge < -0.3 is 14.8 Å². The van der Waals surface area contributed by atoms with Crippen molar-refractivity contribution in [2.75, 3.05) is 19.5 Å². The van der Waals surface area contributed by atoms with E-state index in [2.05, 4.69) is 10.4 Å². The second-order valence-electron chi connectivity index (χ2n) is 4.75. The number of aryl methyl sites for hydroxylation is 1. The number of rotatable bonds is 6. The van der Waals surface area contributed by atoms with Crippen LogP contribution in [-0.4, -0.2) is 24.0 Å². The summed E-state index contributed by atoms with van der Waals surface area (Å²) in [6.45, 7) is 1.92. The van der Waals surface area contributed by atoms with E-state index in [1.807, 2.05) is 0 Å². The summed E-state index contributed by atoms with van der Waals surface area (Å²) in [6, 6.07) is 6.20. The molecule has 1 aromatic carbocycles. The molecule has 0 saturated heterocycles. The Kier molecular flexibility index (Phi) is 5.02. The maximum absolute atomic E-state index is 12.9. The lowest BCUT2D eigenvalue weighted by Gasteiger charge is -2.11. The van der Waals surface area contributed by atoms with Crippen LogP contribution in [0.15, 0.2) is 24.3 Å². The molecular weight excluding hydrogens is 311 g/mol. The molecule has 0 aliphatic heterocycles. The molecule has 0 spiro atoms. The van der Waals surface area contributed by atoms with Gasteiger partial charge in [0.15, 0.2) is 0 Å². The first-order valence-corrected chi connectivity index (χ1v) is 6.98. The van der Waals surface area contributed by atoms with Gasteiger partial charge in [0.1, 0.15) is 17.2 Å². The molecule has 23 heavy (non-hydrogen) atoms. The van der Waals surface area contributed by atoms with Gasteiger partial charge in [-0.15, -0.1) is 0 Å². The molecule has 0 fully saturated rings. The van der Waals surface area contributed by atoms with Gasteiger partial charge in [-0.05, 0) is 25.1 Å². The van der Waals surface area contributed by atoms with Crippen LogP contribution in [0.5, 0.6) is 11.5 Å². The lowest BCUT2D eigenvalue weighted by atomic mass is 10.2. The predicted octanol–water partition coefficient (Wildman–Crippen LogP) is 3.55. The van der Waals surface area contributed by atoms with Crippen LogP contribution in [0, 0.1) is 0 Å². The van der Waals surface area contributed by atoms with Gasteiger partial charge in [0.2, 0.25) is 0 Å². The van der Waals surface area contributed by atoms with Gasteiger partial charge in [-0.3, -0.25) is 4.68 Å². The van der Waals surface area contributed by atoms with Crippen LogP contribution in [-0.2, 0) is 19.3 Å². The normalized spacial score (nSPS) is 11.4. The van der Waals surface area contributed by atoms with E-state index in [0.717, 1.165) is 10.7 Å². The summed E-state index contributed by atoms with van der Waals surface area (Å²) in [6.07, 6.45) is -4.42. The van der Waals surface area contributed by atoms with Gasteiger partial charge in [0, 0.05) is 12.6 Å². The van der Waals surface area contributed by atoms with Crippen LogP contribution in [0.4, 0.5) is 18.9 Å². The first-order chi connectivity index (χ1) is 10.9. The van der Waals surface area contributed by atoms with E-state index in [1.165, 1.54) is 14.2 Å². The molecule has 0 unspecified atom stereocenters. The number of aromatic nitrogens is 2. The smallest absolute Gasteiger partial charge is 0.433 e. The SMILES string of the molecule is CCn1nc(CNc2ccc(OC)cc2OC)cc1C(F)(F)F. The predicted molar refractivity (Wildman–Crippen MR) is 79.8 cm³/mol. The van der Waals surface area contributed by atoms with Crippen molar-refractivity contribution in [1.82, 2.24) is 9.78 Å². The van der Waals surface area contributed by atoms with Crippen molar-refractivity contribution in [3.05, 3.63) is 35.7 Å². The Morgan fingerprint density at radius 3 is 2.43 bits per heavy atom. The fraction of sp³-hybridized carbons (Fsp3) is 0.400. The third kappa shape index (κ3) is 3.88. The molecule has 0 aliphatic rings. The lowest BCUT2D eigenvalue weighted by Crippen LogP contribution is -2.13. The third-order valence-corrected chi connectivity index (χ3v) is 3.29. The van der Waals surface area contributed by atoms with E-state index in [-0.39, 0.29) is 13.1 Å². The molecule has 0 saturated carbocycles. The van der Waals surface area contributed by atoms with Crippen LogP contribution in [0.25, 0.3) is 0 Å². The summed E-state index contributed by atoms with van der Waals surface area (Å²) in [7, 11) is 3.05. The molecule has 0 bridgehead atoms. The van der Waals surface area contributed by atoms with Crippen LogP contribution < -0.4 is 14.8 Å². The number of halogens is 3. The molecule has 2 rings (SSSR count). The number of hydrogen-bond donors (Lipinski definition) is 1. The number of methoxy groups -OCH3 is 2. The second kappa shape index (κ2) is 6.80. The molecule has 5 nitrogen and oxygen atoms in total. The summed E-state index contributed by atoms with van der Waals surface area (Å²) in [5, 5.41) is 6.99. The summed E-state index contributed by atoms with van der Waals surface area (Å²) >= 11 is 0. The van der Waals surface area contributed by atoms with Gasteiger partial charge >= 0.3 is 6.18 Å². The quantitative estimate of drug-likeness (QED) is 0.880. The largest absolute Gasteiger partial charge is 0.497 e. The fourth-order valence-corrected chi connectivity index (χ4v) is 2.16. The number of nitrogens with zero attached hydrogens (tertiary/aromatic N) is 2. The Morgan fingerprint density at radius 1 is 1.17 bits per heavy atom. The van der Waals surface area contributed by atoms with Crippen molar-refractivity contribution < 1.29 is 22.6 Å². The first kappa shape index (κ1) is 17.0. The Morgan fingerprint density at radius 2 is 1.91 bits per heavy atom. The van der Waals surface area contributed by atoms with Gasteiger partial charge in [0.05, 0.1) is 32.1 Å². The van der Waals surface area contributed by atoms with Crippen molar-refractivity contribution in [3.8, 4) is 11.5 Å². The van der Waals surface area contributed by atoms with Crippen molar-refractivity contribution >= 4 is 5.69 Å². The molecule has 1 N–H and O–H groups in total. The van der Waals surface area contributed by atoms with Crippen molar-refractivity contribution in [2.24, 2.45) is 0 Å². The molecule has 126 valence electrons. The minimum Gasteiger partial charge on any atom is -0.497 e. The van der Waals surface area contributed by atoms with Crippen molar-refractivity contribution in [1.29, 1.82) is 0 Å². The highest BCUT2D eigenvalue weighted by molar-refractivity contribution is 5.59. The molecule has 1 aromatic heterocycles. The molecule has 1 heterocycles. The zero-order valence-electron chi connectivity index (χ0n) is 13.1. The molecule has 8 heteroatoms. The lowest BCUT2D eigenvalue weighted by molar-refractivity contribution is -0.144. The number of ether oxygens (including phenoxy) is 2. The first-order valence-electron chi connectivity index (χ1n) is 6.98. The van der Waals surface area contributed by atoms with Crippen molar-refractivity contribution in [3.63, 3.8) is 0 Å². The Labute approximate surface area is 132 Å². The summed E-state index contributed by atoms with van der Waals surface area (Å²) < 4.78 is 50.0. The highest BCUT2D eigenvalue weighted by Gasteiger charge is 2.35. The monoisotopic (exact) mass is 329 g/mol. The minimum absolute atomic E-state index is 0.152. The number of hydrogen-bond acceptors (Lipinski definition) is 4. The van der Waals surface area contributed by atoms with Crippen LogP contribution >= 0.6 is 0 Å². The van der Waals surface area contributed by atoms with Crippen molar-refractivity contribution in [2.45, 2.75) is 26.2 Å². The zero-order valence-corrected chi connectivity index (χ0v) is 13.1.